The first kappa shape index (κ1) is 16.2. The highest BCUT2D eigenvalue weighted by molar-refractivity contribution is 6.34. The summed E-state index contributed by atoms with van der Waals surface area (Å²) < 4.78 is 1.32. The van der Waals surface area contributed by atoms with Gasteiger partial charge in [-0.05, 0) is 32.0 Å². The summed E-state index contributed by atoms with van der Waals surface area (Å²) in [5.41, 5.74) is 0.478. The Labute approximate surface area is 143 Å². The zero-order chi connectivity index (χ0) is 17.3. The minimum atomic E-state index is -0.409. The third kappa shape index (κ3) is 2.90. The van der Waals surface area contributed by atoms with Crippen LogP contribution in [0.2, 0.25) is 5.02 Å². The van der Waals surface area contributed by atoms with Gasteiger partial charge < -0.3 is 5.32 Å². The number of nitrogens with zero attached hydrogens (tertiary/aromatic N) is 2. The molecule has 1 heterocycles. The van der Waals surface area contributed by atoms with Gasteiger partial charge in [0.15, 0.2) is 5.69 Å². The molecule has 0 aliphatic carbocycles. The molecule has 24 heavy (non-hydrogen) atoms. The molecular weight excluding hydrogens is 326 g/mol. The average Bonchev–Trinajstić information content (AvgIpc) is 2.57. The van der Waals surface area contributed by atoms with Gasteiger partial charge in [0.2, 0.25) is 0 Å². The Morgan fingerprint density at radius 1 is 1.08 bits per heavy atom. The number of hydrogen-bond acceptors (Lipinski definition) is 3. The van der Waals surface area contributed by atoms with Crippen molar-refractivity contribution in [2.45, 2.75) is 19.9 Å². The monoisotopic (exact) mass is 341 g/mol. The van der Waals surface area contributed by atoms with Crippen LogP contribution in [-0.4, -0.2) is 15.7 Å². The van der Waals surface area contributed by atoms with Crippen LogP contribution in [-0.2, 0) is 0 Å². The summed E-state index contributed by atoms with van der Waals surface area (Å²) in [6.45, 7) is 3.69. The fraction of sp³-hybridized carbons (Fsp3) is 0.167. The van der Waals surface area contributed by atoms with Crippen LogP contribution >= 0.6 is 11.6 Å². The van der Waals surface area contributed by atoms with E-state index in [1.165, 1.54) is 4.68 Å². The summed E-state index contributed by atoms with van der Waals surface area (Å²) in [6.07, 6.45) is 0. The zero-order valence-corrected chi connectivity index (χ0v) is 14.0. The fourth-order valence-electron chi connectivity index (χ4n) is 2.47. The molecule has 1 N–H and O–H groups in total. The van der Waals surface area contributed by atoms with Crippen molar-refractivity contribution in [3.63, 3.8) is 0 Å². The summed E-state index contributed by atoms with van der Waals surface area (Å²) in [4.78, 5) is 25.2. The van der Waals surface area contributed by atoms with Crippen molar-refractivity contribution in [2.75, 3.05) is 5.32 Å². The molecular formula is C18H16ClN3O2. The van der Waals surface area contributed by atoms with Gasteiger partial charge in [0, 0.05) is 5.39 Å². The predicted molar refractivity (Wildman–Crippen MR) is 95.8 cm³/mol. The lowest BCUT2D eigenvalue weighted by Crippen LogP contribution is -2.28. The lowest BCUT2D eigenvalue weighted by atomic mass is 10.1. The summed E-state index contributed by atoms with van der Waals surface area (Å²) >= 11 is 6.09. The van der Waals surface area contributed by atoms with Crippen molar-refractivity contribution in [2.24, 2.45) is 0 Å². The molecule has 122 valence electrons. The van der Waals surface area contributed by atoms with Gasteiger partial charge in [-0.15, -0.1) is 0 Å². The van der Waals surface area contributed by atoms with Crippen molar-refractivity contribution in [3.05, 3.63) is 69.6 Å². The van der Waals surface area contributed by atoms with E-state index in [-0.39, 0.29) is 17.3 Å². The molecule has 0 saturated heterocycles. The molecule has 2 aromatic carbocycles. The van der Waals surface area contributed by atoms with Crippen LogP contribution in [0.1, 0.15) is 30.4 Å². The molecule has 0 aliphatic rings. The number of anilines is 1. The van der Waals surface area contributed by atoms with E-state index in [0.29, 0.717) is 21.5 Å². The second-order valence-corrected chi connectivity index (χ2v) is 6.08. The molecule has 0 unspecified atom stereocenters. The number of benzene rings is 2. The summed E-state index contributed by atoms with van der Waals surface area (Å²) in [5.74, 6) is -0.409. The molecule has 0 spiro atoms. The Hall–Kier alpha value is -2.66. The summed E-state index contributed by atoms with van der Waals surface area (Å²) in [7, 11) is 0. The van der Waals surface area contributed by atoms with E-state index in [2.05, 4.69) is 10.4 Å². The van der Waals surface area contributed by atoms with Gasteiger partial charge in [0.05, 0.1) is 22.1 Å². The molecule has 0 aliphatic heterocycles. The first-order valence-corrected chi connectivity index (χ1v) is 7.94. The van der Waals surface area contributed by atoms with Crippen LogP contribution in [0.25, 0.3) is 10.8 Å². The second-order valence-electron chi connectivity index (χ2n) is 5.67. The van der Waals surface area contributed by atoms with Gasteiger partial charge in [-0.2, -0.15) is 5.10 Å². The number of aromatic nitrogens is 2. The Balaban J connectivity index is 2.15. The van der Waals surface area contributed by atoms with E-state index in [9.17, 15) is 9.59 Å². The van der Waals surface area contributed by atoms with E-state index in [1.807, 2.05) is 13.8 Å². The van der Waals surface area contributed by atoms with Crippen LogP contribution in [0.5, 0.6) is 0 Å². The molecule has 6 heteroatoms. The standard InChI is InChI=1S/C18H16ClN3O2/c1-11(2)22-18(24)13-8-4-3-7-12(13)16(21-22)17(23)20-15-10-6-5-9-14(15)19/h3-11H,1-2H3,(H,20,23). The lowest BCUT2D eigenvalue weighted by molar-refractivity contribution is 0.102. The van der Waals surface area contributed by atoms with Crippen LogP contribution in [0.15, 0.2) is 53.3 Å². The third-order valence-electron chi connectivity index (χ3n) is 3.65. The highest BCUT2D eigenvalue weighted by atomic mass is 35.5. The van der Waals surface area contributed by atoms with Crippen molar-refractivity contribution in [3.8, 4) is 0 Å². The van der Waals surface area contributed by atoms with E-state index in [4.69, 9.17) is 11.6 Å². The number of fused-ring (bicyclic) bond motifs is 1. The topological polar surface area (TPSA) is 64.0 Å². The first-order chi connectivity index (χ1) is 11.5. The van der Waals surface area contributed by atoms with E-state index in [1.54, 1.807) is 48.5 Å². The Morgan fingerprint density at radius 3 is 2.38 bits per heavy atom. The molecule has 3 rings (SSSR count). The van der Waals surface area contributed by atoms with Crippen molar-refractivity contribution >= 4 is 34.0 Å². The smallest absolute Gasteiger partial charge is 0.276 e. The number of amides is 1. The maximum Gasteiger partial charge on any atom is 0.276 e. The Bertz CT molecular complexity index is 979. The molecule has 0 fully saturated rings. The van der Waals surface area contributed by atoms with Gasteiger partial charge in [-0.3, -0.25) is 9.59 Å². The SMILES string of the molecule is CC(C)n1nc(C(=O)Nc2ccccc2Cl)c2ccccc2c1=O. The number of rotatable bonds is 3. The average molecular weight is 342 g/mol. The molecule has 0 radical (unpaired) electrons. The molecule has 0 atom stereocenters. The van der Waals surface area contributed by atoms with Gasteiger partial charge in [0.25, 0.3) is 11.5 Å². The van der Waals surface area contributed by atoms with Gasteiger partial charge in [0.1, 0.15) is 0 Å². The largest absolute Gasteiger partial charge is 0.319 e. The highest BCUT2D eigenvalue weighted by Gasteiger charge is 2.18. The molecule has 1 amide bonds. The van der Waals surface area contributed by atoms with Crippen LogP contribution in [0.4, 0.5) is 5.69 Å². The number of halogens is 1. The molecule has 0 saturated carbocycles. The van der Waals surface area contributed by atoms with Gasteiger partial charge >= 0.3 is 0 Å². The quantitative estimate of drug-likeness (QED) is 0.786. The maximum absolute atomic E-state index is 12.7. The Morgan fingerprint density at radius 2 is 1.71 bits per heavy atom. The molecule has 3 aromatic rings. The molecule has 1 aromatic heterocycles. The molecule has 5 nitrogen and oxygen atoms in total. The minimum Gasteiger partial charge on any atom is -0.319 e. The number of carbonyl (C=O) groups excluding carboxylic acids is 1. The van der Waals surface area contributed by atoms with Crippen LogP contribution in [0, 0.1) is 0 Å². The van der Waals surface area contributed by atoms with Gasteiger partial charge in [-0.25, -0.2) is 4.68 Å². The second kappa shape index (κ2) is 6.45. The normalized spacial score (nSPS) is 11.0. The first-order valence-electron chi connectivity index (χ1n) is 7.56. The maximum atomic E-state index is 12.7. The van der Waals surface area contributed by atoms with Crippen molar-refractivity contribution in [1.29, 1.82) is 0 Å². The van der Waals surface area contributed by atoms with Crippen molar-refractivity contribution in [1.82, 2.24) is 9.78 Å². The van der Waals surface area contributed by atoms with E-state index < -0.39 is 5.91 Å². The predicted octanol–water partition coefficient (Wildman–Crippen LogP) is 3.88. The number of nitrogens with one attached hydrogen (secondary N) is 1. The lowest BCUT2D eigenvalue weighted by Gasteiger charge is -2.13. The number of para-hydroxylation sites is 1. The van der Waals surface area contributed by atoms with E-state index >= 15 is 0 Å². The minimum absolute atomic E-state index is 0.158. The number of carbonyl (C=O) groups is 1. The van der Waals surface area contributed by atoms with Crippen molar-refractivity contribution < 1.29 is 4.79 Å². The van der Waals surface area contributed by atoms with E-state index in [0.717, 1.165) is 0 Å². The zero-order valence-electron chi connectivity index (χ0n) is 13.3. The van der Waals surface area contributed by atoms with Crippen LogP contribution in [0.3, 0.4) is 0 Å². The molecule has 0 bridgehead atoms. The Kier molecular flexibility index (Phi) is 4.36. The number of hydrogen-bond donors (Lipinski definition) is 1. The summed E-state index contributed by atoms with van der Waals surface area (Å²) in [5, 5.41) is 8.45. The van der Waals surface area contributed by atoms with Gasteiger partial charge in [-0.1, -0.05) is 41.9 Å². The third-order valence-corrected chi connectivity index (χ3v) is 3.98. The fourth-order valence-corrected chi connectivity index (χ4v) is 2.65. The summed E-state index contributed by atoms with van der Waals surface area (Å²) in [6, 6.07) is 13.8. The highest BCUT2D eigenvalue weighted by Crippen LogP contribution is 2.22. The van der Waals surface area contributed by atoms with Crippen LogP contribution < -0.4 is 10.9 Å².